The smallest absolute Gasteiger partial charge is 0.304 e. The highest BCUT2D eigenvalue weighted by atomic mass is 35.5. The molecular weight excluding hydrogens is 548 g/mol. The molecule has 0 unspecified atom stereocenters. The molecule has 3 aromatic heterocycles. The number of anilines is 1. The fourth-order valence-electron chi connectivity index (χ4n) is 4.20. The quantitative estimate of drug-likeness (QED) is 0.220. The van der Waals surface area contributed by atoms with Gasteiger partial charge in [-0.2, -0.15) is 23.4 Å². The van der Waals surface area contributed by atoms with E-state index in [-0.39, 0.29) is 40.3 Å². The Morgan fingerprint density at radius 1 is 1.02 bits per heavy atom. The van der Waals surface area contributed by atoms with E-state index >= 15 is 0 Å². The molecule has 206 valence electrons. The number of rotatable bonds is 6. The standard InChI is InChI=1S/C28H23ClF4N6O/c1-15(2)17-4-6-18(7-5-17)22-12-24(28(31,32)33)39-26(34-22)13-23(36-39)27(40)35-25-10-16(3)38(37-25)14-19-8-9-20(30)11-21(19)29/h4-13,15H,14H2,1-3H3,(H,35,37,40). The van der Waals surface area contributed by atoms with Gasteiger partial charge in [0.2, 0.25) is 0 Å². The van der Waals surface area contributed by atoms with Crippen molar-refractivity contribution in [1.82, 2.24) is 24.4 Å². The first-order chi connectivity index (χ1) is 18.9. The normalized spacial score (nSPS) is 11.9. The van der Waals surface area contributed by atoms with Crippen molar-refractivity contribution in [3.8, 4) is 11.3 Å². The zero-order valence-electron chi connectivity index (χ0n) is 21.6. The highest BCUT2D eigenvalue weighted by molar-refractivity contribution is 6.31. The summed E-state index contributed by atoms with van der Waals surface area (Å²) < 4.78 is 57.5. The number of amides is 1. The van der Waals surface area contributed by atoms with Crippen molar-refractivity contribution in [1.29, 1.82) is 0 Å². The van der Waals surface area contributed by atoms with Gasteiger partial charge in [-0.25, -0.2) is 13.9 Å². The number of nitrogens with zero attached hydrogens (tertiary/aromatic N) is 5. The molecule has 0 spiro atoms. The molecule has 0 saturated heterocycles. The Labute approximate surface area is 231 Å². The Bertz CT molecular complexity index is 1720. The van der Waals surface area contributed by atoms with Crippen LogP contribution in [0.4, 0.5) is 23.4 Å². The van der Waals surface area contributed by atoms with Crippen LogP contribution in [0.5, 0.6) is 0 Å². The number of carbonyl (C=O) groups is 1. The summed E-state index contributed by atoms with van der Waals surface area (Å²) in [6.07, 6.45) is -4.74. The molecule has 3 heterocycles. The predicted octanol–water partition coefficient (Wildman–Crippen LogP) is 7.14. The Hall–Kier alpha value is -4.25. The third kappa shape index (κ3) is 5.55. The second kappa shape index (κ2) is 10.4. The number of carbonyl (C=O) groups excluding carboxylic acids is 1. The summed E-state index contributed by atoms with van der Waals surface area (Å²) in [5, 5.41) is 11.0. The first-order valence-corrected chi connectivity index (χ1v) is 12.6. The average Bonchev–Trinajstić information content (AvgIpc) is 3.47. The van der Waals surface area contributed by atoms with Gasteiger partial charge in [0.25, 0.3) is 5.91 Å². The number of aryl methyl sites for hydroxylation is 1. The summed E-state index contributed by atoms with van der Waals surface area (Å²) in [5.74, 6) is -0.800. The van der Waals surface area contributed by atoms with Crippen LogP contribution in [0, 0.1) is 12.7 Å². The molecule has 0 bridgehead atoms. The number of aromatic nitrogens is 5. The molecule has 0 aliphatic rings. The summed E-state index contributed by atoms with van der Waals surface area (Å²) in [6.45, 7) is 6.01. The molecule has 0 saturated carbocycles. The number of fused-ring (bicyclic) bond motifs is 1. The zero-order valence-corrected chi connectivity index (χ0v) is 22.3. The lowest BCUT2D eigenvalue weighted by Gasteiger charge is -2.11. The van der Waals surface area contributed by atoms with Crippen LogP contribution in [0.25, 0.3) is 16.9 Å². The van der Waals surface area contributed by atoms with Crippen molar-refractivity contribution < 1.29 is 22.4 Å². The number of nitrogens with one attached hydrogen (secondary N) is 1. The summed E-state index contributed by atoms with van der Waals surface area (Å²) in [7, 11) is 0. The zero-order chi connectivity index (χ0) is 28.8. The van der Waals surface area contributed by atoms with Crippen molar-refractivity contribution in [3.63, 3.8) is 0 Å². The van der Waals surface area contributed by atoms with Crippen LogP contribution in [-0.4, -0.2) is 30.3 Å². The maximum atomic E-state index is 14.0. The van der Waals surface area contributed by atoms with Crippen molar-refractivity contribution >= 4 is 29.0 Å². The topological polar surface area (TPSA) is 77.1 Å². The molecule has 0 atom stereocenters. The van der Waals surface area contributed by atoms with Crippen LogP contribution in [0.2, 0.25) is 5.02 Å². The van der Waals surface area contributed by atoms with Gasteiger partial charge in [-0.05, 0) is 42.2 Å². The second-order valence-electron chi connectivity index (χ2n) is 9.62. The predicted molar refractivity (Wildman–Crippen MR) is 143 cm³/mol. The first-order valence-electron chi connectivity index (χ1n) is 12.3. The van der Waals surface area contributed by atoms with E-state index in [0.29, 0.717) is 21.3 Å². The Kier molecular flexibility index (Phi) is 7.09. The molecule has 0 aliphatic carbocycles. The minimum atomic E-state index is -4.74. The van der Waals surface area contributed by atoms with Crippen LogP contribution in [0.15, 0.2) is 60.7 Å². The van der Waals surface area contributed by atoms with Gasteiger partial charge in [-0.1, -0.05) is 55.8 Å². The van der Waals surface area contributed by atoms with Crippen molar-refractivity contribution in [2.24, 2.45) is 0 Å². The number of hydrogen-bond acceptors (Lipinski definition) is 4. The summed E-state index contributed by atoms with van der Waals surface area (Å²) in [6, 6.07) is 14.8. The third-order valence-electron chi connectivity index (χ3n) is 6.38. The van der Waals surface area contributed by atoms with Gasteiger partial charge < -0.3 is 5.32 Å². The maximum absolute atomic E-state index is 14.0. The maximum Gasteiger partial charge on any atom is 0.433 e. The molecule has 1 amide bonds. The molecular formula is C28H23ClF4N6O. The highest BCUT2D eigenvalue weighted by Gasteiger charge is 2.35. The lowest BCUT2D eigenvalue weighted by molar-refractivity contribution is -0.142. The molecule has 0 aliphatic heterocycles. The molecule has 2 aromatic carbocycles. The van der Waals surface area contributed by atoms with Crippen molar-refractivity contribution in [3.05, 3.63) is 99.7 Å². The molecule has 0 fully saturated rings. The summed E-state index contributed by atoms with van der Waals surface area (Å²) >= 11 is 6.11. The fraction of sp³-hybridized carbons (Fsp3) is 0.214. The van der Waals surface area contributed by atoms with Gasteiger partial charge in [-0.3, -0.25) is 9.48 Å². The van der Waals surface area contributed by atoms with E-state index < -0.39 is 23.6 Å². The van der Waals surface area contributed by atoms with Gasteiger partial charge >= 0.3 is 6.18 Å². The molecule has 5 rings (SSSR count). The lowest BCUT2D eigenvalue weighted by Crippen LogP contribution is -2.16. The van der Waals surface area contributed by atoms with Crippen molar-refractivity contribution in [2.45, 2.75) is 39.4 Å². The van der Waals surface area contributed by atoms with Crippen LogP contribution in [0.3, 0.4) is 0 Å². The van der Waals surface area contributed by atoms with Gasteiger partial charge in [0.1, 0.15) is 5.82 Å². The van der Waals surface area contributed by atoms with E-state index in [1.54, 1.807) is 29.8 Å². The minimum Gasteiger partial charge on any atom is -0.304 e. The fourth-order valence-corrected chi connectivity index (χ4v) is 4.42. The molecule has 1 N–H and O–H groups in total. The number of hydrogen-bond donors (Lipinski definition) is 1. The van der Waals surface area contributed by atoms with Crippen molar-refractivity contribution in [2.75, 3.05) is 5.32 Å². The minimum absolute atomic E-state index is 0.107. The van der Waals surface area contributed by atoms with Gasteiger partial charge in [-0.15, -0.1) is 0 Å². The third-order valence-corrected chi connectivity index (χ3v) is 6.73. The van der Waals surface area contributed by atoms with Gasteiger partial charge in [0.05, 0.1) is 12.2 Å². The summed E-state index contributed by atoms with van der Waals surface area (Å²) in [5.41, 5.74) is 1.49. The van der Waals surface area contributed by atoms with E-state index in [1.165, 1.54) is 24.3 Å². The Morgan fingerprint density at radius 2 is 1.75 bits per heavy atom. The SMILES string of the molecule is Cc1cc(NC(=O)c2cc3nc(-c4ccc(C(C)C)cc4)cc(C(F)(F)F)n3n2)nn1Cc1ccc(F)cc1Cl. The Morgan fingerprint density at radius 3 is 2.40 bits per heavy atom. The largest absolute Gasteiger partial charge is 0.433 e. The van der Waals surface area contributed by atoms with Crippen LogP contribution in [0.1, 0.15) is 52.8 Å². The van der Waals surface area contributed by atoms with Gasteiger partial charge in [0, 0.05) is 28.4 Å². The van der Waals surface area contributed by atoms with Gasteiger partial charge in [0.15, 0.2) is 22.9 Å². The molecule has 0 radical (unpaired) electrons. The lowest BCUT2D eigenvalue weighted by atomic mass is 10.0. The average molecular weight is 571 g/mol. The van der Waals surface area contributed by atoms with Crippen LogP contribution in [-0.2, 0) is 12.7 Å². The number of benzene rings is 2. The van der Waals surface area contributed by atoms with E-state index in [0.717, 1.165) is 11.6 Å². The highest BCUT2D eigenvalue weighted by Crippen LogP contribution is 2.33. The Balaban J connectivity index is 1.43. The van der Waals surface area contributed by atoms with E-state index in [2.05, 4.69) is 20.5 Å². The molecule has 40 heavy (non-hydrogen) atoms. The number of alkyl halides is 3. The second-order valence-corrected chi connectivity index (χ2v) is 10.0. The number of halogens is 5. The molecule has 12 heteroatoms. The van der Waals surface area contributed by atoms with E-state index in [4.69, 9.17) is 11.6 Å². The van der Waals surface area contributed by atoms with Crippen LogP contribution < -0.4 is 5.32 Å². The van der Waals surface area contributed by atoms with E-state index in [9.17, 15) is 22.4 Å². The van der Waals surface area contributed by atoms with E-state index in [1.807, 2.05) is 26.0 Å². The summed E-state index contributed by atoms with van der Waals surface area (Å²) in [4.78, 5) is 17.3. The van der Waals surface area contributed by atoms with Crippen LogP contribution >= 0.6 is 11.6 Å². The first kappa shape index (κ1) is 27.3. The molecule has 7 nitrogen and oxygen atoms in total. The monoisotopic (exact) mass is 570 g/mol. The molecule has 5 aromatic rings.